The molecule has 1 aromatic carbocycles. The number of carbonyl (C=O) groups is 1. The van der Waals surface area contributed by atoms with Crippen molar-refractivity contribution in [2.24, 2.45) is 5.41 Å². The van der Waals surface area contributed by atoms with Gasteiger partial charge in [0.25, 0.3) is 5.91 Å². The van der Waals surface area contributed by atoms with Crippen molar-refractivity contribution in [1.82, 2.24) is 5.32 Å². The fourth-order valence-electron chi connectivity index (χ4n) is 2.08. The maximum Gasteiger partial charge on any atom is 0.252 e. The van der Waals surface area contributed by atoms with Gasteiger partial charge in [-0.1, -0.05) is 18.2 Å². The summed E-state index contributed by atoms with van der Waals surface area (Å²) in [5, 5.41) is 15.1. The fourth-order valence-corrected chi connectivity index (χ4v) is 3.03. The highest BCUT2D eigenvalue weighted by Crippen LogP contribution is 2.44. The van der Waals surface area contributed by atoms with E-state index in [-0.39, 0.29) is 17.9 Å². The van der Waals surface area contributed by atoms with Gasteiger partial charge >= 0.3 is 0 Å². The van der Waals surface area contributed by atoms with Gasteiger partial charge in [0.15, 0.2) is 0 Å². The smallest absolute Gasteiger partial charge is 0.252 e. The quantitative estimate of drug-likeness (QED) is 0.888. The Kier molecular flexibility index (Phi) is 2.84. The number of fused-ring (bicyclic) bond motifs is 1. The van der Waals surface area contributed by atoms with Crippen molar-refractivity contribution in [1.29, 1.82) is 0 Å². The van der Waals surface area contributed by atoms with Crippen molar-refractivity contribution in [3.05, 3.63) is 35.2 Å². The number of amides is 1. The molecule has 1 amide bonds. The zero-order valence-corrected chi connectivity index (χ0v) is 10.8. The highest BCUT2D eigenvalue weighted by Gasteiger charge is 2.42. The van der Waals surface area contributed by atoms with Gasteiger partial charge in [0.2, 0.25) is 0 Å². The number of thiophene rings is 1. The molecule has 0 atom stereocenters. The molecule has 0 saturated heterocycles. The topological polar surface area (TPSA) is 49.3 Å². The molecule has 0 aliphatic heterocycles. The molecule has 2 N–H and O–H groups in total. The van der Waals surface area contributed by atoms with Crippen LogP contribution in [0.3, 0.4) is 0 Å². The maximum absolute atomic E-state index is 12.1. The molecule has 1 aromatic heterocycles. The lowest BCUT2D eigenvalue weighted by Crippen LogP contribution is -2.31. The number of aliphatic hydroxyl groups excluding tert-OH is 1. The molecule has 1 fully saturated rings. The van der Waals surface area contributed by atoms with Gasteiger partial charge in [0.1, 0.15) is 0 Å². The molecule has 1 aliphatic carbocycles. The highest BCUT2D eigenvalue weighted by atomic mass is 32.1. The number of hydrogen-bond donors (Lipinski definition) is 2. The Bertz CT molecular complexity index is 586. The van der Waals surface area contributed by atoms with Gasteiger partial charge < -0.3 is 10.4 Å². The molecule has 4 heteroatoms. The van der Waals surface area contributed by atoms with Crippen LogP contribution in [0.15, 0.2) is 29.6 Å². The van der Waals surface area contributed by atoms with E-state index < -0.39 is 0 Å². The van der Waals surface area contributed by atoms with Crippen LogP contribution in [0, 0.1) is 5.41 Å². The summed E-state index contributed by atoms with van der Waals surface area (Å²) >= 11 is 1.59. The third kappa shape index (κ3) is 2.02. The van der Waals surface area contributed by atoms with Crippen LogP contribution in [0.25, 0.3) is 10.1 Å². The molecule has 0 radical (unpaired) electrons. The van der Waals surface area contributed by atoms with E-state index in [1.54, 1.807) is 11.3 Å². The molecule has 1 heterocycles. The maximum atomic E-state index is 12.1. The first-order valence-corrected chi connectivity index (χ1v) is 6.97. The predicted octanol–water partition coefficient (Wildman–Crippen LogP) is 2.40. The molecular weight excluding hydrogens is 246 g/mol. The largest absolute Gasteiger partial charge is 0.396 e. The van der Waals surface area contributed by atoms with E-state index in [1.807, 2.05) is 29.6 Å². The minimum Gasteiger partial charge on any atom is -0.396 e. The molecular formula is C14H15NO2S. The van der Waals surface area contributed by atoms with Crippen LogP contribution < -0.4 is 5.32 Å². The van der Waals surface area contributed by atoms with Crippen LogP contribution in [0.1, 0.15) is 23.2 Å². The SMILES string of the molecule is O=C(NCC1(CO)CC1)c1csc2ccccc12. The van der Waals surface area contributed by atoms with E-state index in [9.17, 15) is 9.90 Å². The highest BCUT2D eigenvalue weighted by molar-refractivity contribution is 7.17. The summed E-state index contributed by atoms with van der Waals surface area (Å²) in [4.78, 5) is 12.1. The Labute approximate surface area is 109 Å². The number of hydrogen-bond acceptors (Lipinski definition) is 3. The number of nitrogens with one attached hydrogen (secondary N) is 1. The summed E-state index contributed by atoms with van der Waals surface area (Å²) in [6.45, 7) is 0.740. The first-order valence-electron chi connectivity index (χ1n) is 6.09. The van der Waals surface area contributed by atoms with E-state index in [0.29, 0.717) is 6.54 Å². The average Bonchev–Trinajstić information content (AvgIpc) is 3.07. The summed E-state index contributed by atoms with van der Waals surface area (Å²) in [6.07, 6.45) is 2.02. The molecule has 0 spiro atoms. The number of carbonyl (C=O) groups excluding carboxylic acids is 1. The monoisotopic (exact) mass is 261 g/mol. The number of benzene rings is 1. The molecule has 94 valence electrons. The van der Waals surface area contributed by atoms with Gasteiger partial charge in [-0.2, -0.15) is 0 Å². The predicted molar refractivity (Wildman–Crippen MR) is 72.9 cm³/mol. The zero-order chi connectivity index (χ0) is 12.6. The number of rotatable bonds is 4. The molecule has 0 unspecified atom stereocenters. The van der Waals surface area contributed by atoms with E-state index in [1.165, 1.54) is 0 Å². The molecule has 18 heavy (non-hydrogen) atoms. The number of aliphatic hydroxyl groups is 1. The Morgan fingerprint density at radius 2 is 2.17 bits per heavy atom. The van der Waals surface area contributed by atoms with Gasteiger partial charge in [0, 0.05) is 27.4 Å². The third-order valence-electron chi connectivity index (χ3n) is 3.64. The van der Waals surface area contributed by atoms with Crippen LogP contribution >= 0.6 is 11.3 Å². The lowest BCUT2D eigenvalue weighted by molar-refractivity contribution is 0.0937. The van der Waals surface area contributed by atoms with Crippen LogP contribution in [0.5, 0.6) is 0 Å². The van der Waals surface area contributed by atoms with Crippen molar-refractivity contribution in [3.8, 4) is 0 Å². The Morgan fingerprint density at radius 3 is 2.89 bits per heavy atom. The minimum atomic E-state index is -0.0402. The second-order valence-electron chi connectivity index (χ2n) is 4.99. The van der Waals surface area contributed by atoms with Crippen molar-refractivity contribution < 1.29 is 9.90 Å². The van der Waals surface area contributed by atoms with Crippen LogP contribution in [-0.4, -0.2) is 24.2 Å². The second kappa shape index (κ2) is 4.37. The third-order valence-corrected chi connectivity index (χ3v) is 4.61. The first-order chi connectivity index (χ1) is 8.74. The normalized spacial score (nSPS) is 16.7. The van der Waals surface area contributed by atoms with Crippen molar-refractivity contribution in [2.75, 3.05) is 13.2 Å². The van der Waals surface area contributed by atoms with Gasteiger partial charge in [-0.25, -0.2) is 0 Å². The Hall–Kier alpha value is -1.39. The van der Waals surface area contributed by atoms with Crippen LogP contribution in [-0.2, 0) is 0 Å². The summed E-state index contributed by atoms with van der Waals surface area (Å²) in [6, 6.07) is 7.92. The summed E-state index contributed by atoms with van der Waals surface area (Å²) in [7, 11) is 0. The van der Waals surface area contributed by atoms with Crippen LogP contribution in [0.2, 0.25) is 0 Å². The Balaban J connectivity index is 1.76. The van der Waals surface area contributed by atoms with E-state index in [0.717, 1.165) is 28.5 Å². The first kappa shape index (κ1) is 11.7. The molecule has 1 saturated carbocycles. The van der Waals surface area contributed by atoms with Gasteiger partial charge in [-0.15, -0.1) is 11.3 Å². The lowest BCUT2D eigenvalue weighted by Gasteiger charge is -2.12. The molecule has 2 aromatic rings. The summed E-state index contributed by atoms with van der Waals surface area (Å²) < 4.78 is 1.13. The molecule has 1 aliphatic rings. The van der Waals surface area contributed by atoms with E-state index >= 15 is 0 Å². The van der Waals surface area contributed by atoms with Gasteiger partial charge in [-0.3, -0.25) is 4.79 Å². The zero-order valence-electron chi connectivity index (χ0n) is 9.98. The summed E-state index contributed by atoms with van der Waals surface area (Å²) in [5.41, 5.74) is 0.700. The van der Waals surface area contributed by atoms with E-state index in [2.05, 4.69) is 5.32 Å². The van der Waals surface area contributed by atoms with Crippen molar-refractivity contribution in [2.45, 2.75) is 12.8 Å². The summed E-state index contributed by atoms with van der Waals surface area (Å²) in [5.74, 6) is -0.0350. The van der Waals surface area contributed by atoms with Crippen molar-refractivity contribution in [3.63, 3.8) is 0 Å². The molecule has 3 rings (SSSR count). The lowest BCUT2D eigenvalue weighted by atomic mass is 10.1. The average molecular weight is 261 g/mol. The fraction of sp³-hybridized carbons (Fsp3) is 0.357. The minimum absolute atomic E-state index is 0.0350. The van der Waals surface area contributed by atoms with Gasteiger partial charge in [0.05, 0.1) is 12.2 Å². The van der Waals surface area contributed by atoms with Gasteiger partial charge in [-0.05, 0) is 18.9 Å². The van der Waals surface area contributed by atoms with Crippen LogP contribution in [0.4, 0.5) is 0 Å². The molecule has 0 bridgehead atoms. The standard InChI is InChI=1S/C14H15NO2S/c16-9-14(5-6-14)8-15-13(17)11-7-18-12-4-2-1-3-10(11)12/h1-4,7,16H,5-6,8-9H2,(H,15,17). The second-order valence-corrected chi connectivity index (χ2v) is 5.90. The van der Waals surface area contributed by atoms with Crippen molar-refractivity contribution >= 4 is 27.3 Å². The van der Waals surface area contributed by atoms with E-state index in [4.69, 9.17) is 0 Å². The Morgan fingerprint density at radius 1 is 1.39 bits per heavy atom. The molecule has 3 nitrogen and oxygen atoms in total.